The van der Waals surface area contributed by atoms with Crippen LogP contribution in [-0.2, 0) is 11.3 Å². The second kappa shape index (κ2) is 8.62. The summed E-state index contributed by atoms with van der Waals surface area (Å²) in [5.74, 6) is 0.850. The number of hydrogen-bond acceptors (Lipinski definition) is 3. The highest BCUT2D eigenvalue weighted by Gasteiger charge is 2.11. The third-order valence-corrected chi connectivity index (χ3v) is 4.58. The number of carbonyl (C=O) groups excluding carboxylic acids is 1. The summed E-state index contributed by atoms with van der Waals surface area (Å²) in [5, 5.41) is 3.91. The van der Waals surface area contributed by atoms with Gasteiger partial charge in [0.25, 0.3) is 0 Å². The van der Waals surface area contributed by atoms with E-state index in [1.165, 1.54) is 5.52 Å². The Morgan fingerprint density at radius 1 is 1.07 bits per heavy atom. The van der Waals surface area contributed by atoms with E-state index in [9.17, 15) is 4.79 Å². The minimum atomic E-state index is -0.411. The van der Waals surface area contributed by atoms with Crippen LogP contribution < -0.4 is 10.1 Å². The lowest BCUT2D eigenvalue weighted by Crippen LogP contribution is -2.14. The van der Waals surface area contributed by atoms with E-state index in [0.29, 0.717) is 6.61 Å². The highest BCUT2D eigenvalue weighted by atomic mass is 16.5. The van der Waals surface area contributed by atoms with Crippen LogP contribution in [-0.4, -0.2) is 24.4 Å². The minimum absolute atomic E-state index is 0.411. The normalized spacial score (nSPS) is 10.8. The molecule has 1 N–H and O–H groups in total. The zero-order chi connectivity index (χ0) is 19.2. The number of aromatic nitrogens is 1. The summed E-state index contributed by atoms with van der Waals surface area (Å²) in [7, 11) is 1.68. The molecule has 0 unspecified atom stereocenters. The standard InChI is InChI=1S/C22H26N2O3/c1-4-6-13-27-22(25)23-18-9-7-16(8-10-18)21-15-17-14-19(26-3)11-12-20(17)24(21)5-2/h7-12,14-15H,4-6,13H2,1-3H3,(H,23,25). The Bertz CT molecular complexity index is 913. The average Bonchev–Trinajstić information content (AvgIpc) is 3.06. The Morgan fingerprint density at radius 3 is 2.52 bits per heavy atom. The largest absolute Gasteiger partial charge is 0.497 e. The summed E-state index contributed by atoms with van der Waals surface area (Å²) < 4.78 is 12.7. The first kappa shape index (κ1) is 18.8. The van der Waals surface area contributed by atoms with E-state index in [0.717, 1.165) is 47.5 Å². The van der Waals surface area contributed by atoms with E-state index >= 15 is 0 Å². The zero-order valence-corrected chi connectivity index (χ0v) is 16.1. The van der Waals surface area contributed by atoms with Crippen molar-refractivity contribution in [2.24, 2.45) is 0 Å². The summed E-state index contributed by atoms with van der Waals surface area (Å²) in [6.07, 6.45) is 1.46. The Morgan fingerprint density at radius 2 is 1.85 bits per heavy atom. The third-order valence-electron chi connectivity index (χ3n) is 4.58. The number of carbonyl (C=O) groups is 1. The molecule has 0 atom stereocenters. The average molecular weight is 366 g/mol. The number of amides is 1. The first-order chi connectivity index (χ1) is 13.2. The molecule has 3 aromatic rings. The molecule has 0 radical (unpaired) electrons. The predicted octanol–water partition coefficient (Wildman–Crippen LogP) is 5.69. The molecule has 0 bridgehead atoms. The van der Waals surface area contributed by atoms with Crippen molar-refractivity contribution in [1.29, 1.82) is 0 Å². The van der Waals surface area contributed by atoms with E-state index < -0.39 is 6.09 Å². The topological polar surface area (TPSA) is 52.5 Å². The number of aryl methyl sites for hydroxylation is 1. The van der Waals surface area contributed by atoms with Gasteiger partial charge in [-0.15, -0.1) is 0 Å². The summed E-state index contributed by atoms with van der Waals surface area (Å²) in [5.41, 5.74) is 4.13. The molecular formula is C22H26N2O3. The molecule has 3 rings (SSSR count). The molecule has 0 aliphatic rings. The lowest BCUT2D eigenvalue weighted by molar-refractivity contribution is 0.160. The van der Waals surface area contributed by atoms with Gasteiger partial charge in [-0.3, -0.25) is 5.32 Å². The molecular weight excluding hydrogens is 340 g/mol. The maximum absolute atomic E-state index is 11.8. The Hall–Kier alpha value is -2.95. The maximum atomic E-state index is 11.8. The smallest absolute Gasteiger partial charge is 0.411 e. The van der Waals surface area contributed by atoms with Crippen LogP contribution in [0.2, 0.25) is 0 Å². The van der Waals surface area contributed by atoms with Crippen LogP contribution >= 0.6 is 0 Å². The Labute approximate surface area is 159 Å². The molecule has 0 spiro atoms. The molecule has 0 fully saturated rings. The second-order valence-corrected chi connectivity index (χ2v) is 6.39. The van der Waals surface area contributed by atoms with Crippen LogP contribution in [0.3, 0.4) is 0 Å². The number of fused-ring (bicyclic) bond motifs is 1. The predicted molar refractivity (Wildman–Crippen MR) is 109 cm³/mol. The van der Waals surface area contributed by atoms with Crippen molar-refractivity contribution in [3.63, 3.8) is 0 Å². The van der Waals surface area contributed by atoms with E-state index in [1.54, 1.807) is 7.11 Å². The molecule has 5 heteroatoms. The number of hydrogen-bond donors (Lipinski definition) is 1. The SMILES string of the molecule is CCCCOC(=O)Nc1ccc(-c2cc3cc(OC)ccc3n2CC)cc1. The molecule has 0 aliphatic heterocycles. The minimum Gasteiger partial charge on any atom is -0.497 e. The Balaban J connectivity index is 1.81. The van der Waals surface area contributed by atoms with Gasteiger partial charge in [0.05, 0.1) is 13.7 Å². The summed E-state index contributed by atoms with van der Waals surface area (Å²) in [6.45, 7) is 5.51. The number of methoxy groups -OCH3 is 1. The maximum Gasteiger partial charge on any atom is 0.411 e. The van der Waals surface area contributed by atoms with Gasteiger partial charge in [0.2, 0.25) is 0 Å². The number of rotatable bonds is 7. The van der Waals surface area contributed by atoms with Crippen LogP contribution in [0.15, 0.2) is 48.5 Å². The molecule has 1 heterocycles. The number of nitrogens with zero attached hydrogens (tertiary/aromatic N) is 1. The summed E-state index contributed by atoms with van der Waals surface area (Å²) in [6, 6.07) is 16.1. The van der Waals surface area contributed by atoms with Crippen molar-refractivity contribution in [2.45, 2.75) is 33.2 Å². The van der Waals surface area contributed by atoms with E-state index in [4.69, 9.17) is 9.47 Å². The third kappa shape index (κ3) is 4.25. The number of anilines is 1. The van der Waals surface area contributed by atoms with Gasteiger partial charge in [0.15, 0.2) is 0 Å². The van der Waals surface area contributed by atoms with Crippen molar-refractivity contribution < 1.29 is 14.3 Å². The molecule has 0 saturated carbocycles. The highest BCUT2D eigenvalue weighted by Crippen LogP contribution is 2.31. The second-order valence-electron chi connectivity index (χ2n) is 6.39. The van der Waals surface area contributed by atoms with Gasteiger partial charge in [-0.1, -0.05) is 25.5 Å². The number of benzene rings is 2. The van der Waals surface area contributed by atoms with Crippen molar-refractivity contribution in [3.8, 4) is 17.0 Å². The lowest BCUT2D eigenvalue weighted by atomic mass is 10.1. The first-order valence-electron chi connectivity index (χ1n) is 9.37. The number of unbranched alkanes of at least 4 members (excludes halogenated alkanes) is 1. The van der Waals surface area contributed by atoms with Crippen molar-refractivity contribution in [2.75, 3.05) is 19.0 Å². The van der Waals surface area contributed by atoms with E-state index in [2.05, 4.69) is 35.9 Å². The molecule has 5 nitrogen and oxygen atoms in total. The van der Waals surface area contributed by atoms with Gasteiger partial charge in [-0.2, -0.15) is 0 Å². The molecule has 142 valence electrons. The molecule has 2 aromatic carbocycles. The van der Waals surface area contributed by atoms with E-state index in [-0.39, 0.29) is 0 Å². The fraction of sp³-hybridized carbons (Fsp3) is 0.318. The van der Waals surface area contributed by atoms with Crippen molar-refractivity contribution >= 4 is 22.7 Å². The quantitative estimate of drug-likeness (QED) is 0.547. The van der Waals surface area contributed by atoms with Crippen LogP contribution in [0, 0.1) is 0 Å². The van der Waals surface area contributed by atoms with Gasteiger partial charge in [0.1, 0.15) is 5.75 Å². The monoisotopic (exact) mass is 366 g/mol. The van der Waals surface area contributed by atoms with Crippen molar-refractivity contribution in [3.05, 3.63) is 48.5 Å². The zero-order valence-electron chi connectivity index (χ0n) is 16.1. The molecule has 27 heavy (non-hydrogen) atoms. The van der Waals surface area contributed by atoms with E-state index in [1.807, 2.05) is 36.4 Å². The van der Waals surface area contributed by atoms with Gasteiger partial charge >= 0.3 is 6.09 Å². The molecule has 1 amide bonds. The summed E-state index contributed by atoms with van der Waals surface area (Å²) in [4.78, 5) is 11.8. The summed E-state index contributed by atoms with van der Waals surface area (Å²) >= 11 is 0. The number of ether oxygens (including phenoxy) is 2. The van der Waals surface area contributed by atoms with Gasteiger partial charge in [-0.25, -0.2) is 4.79 Å². The van der Waals surface area contributed by atoms with Crippen LogP contribution in [0.1, 0.15) is 26.7 Å². The first-order valence-corrected chi connectivity index (χ1v) is 9.37. The fourth-order valence-electron chi connectivity index (χ4n) is 3.14. The Kier molecular flexibility index (Phi) is 6.01. The molecule has 0 aliphatic carbocycles. The van der Waals surface area contributed by atoms with Gasteiger partial charge in [0, 0.05) is 28.8 Å². The number of nitrogens with one attached hydrogen (secondary N) is 1. The van der Waals surface area contributed by atoms with Gasteiger partial charge in [-0.05, 0) is 55.3 Å². The fourth-order valence-corrected chi connectivity index (χ4v) is 3.14. The van der Waals surface area contributed by atoms with Crippen LogP contribution in [0.25, 0.3) is 22.2 Å². The van der Waals surface area contributed by atoms with Crippen LogP contribution in [0.5, 0.6) is 5.75 Å². The highest BCUT2D eigenvalue weighted by molar-refractivity contribution is 5.89. The van der Waals surface area contributed by atoms with Crippen LogP contribution in [0.4, 0.5) is 10.5 Å². The van der Waals surface area contributed by atoms with Crippen molar-refractivity contribution in [1.82, 2.24) is 4.57 Å². The molecule has 1 aromatic heterocycles. The molecule has 0 saturated heterocycles. The lowest BCUT2D eigenvalue weighted by Gasteiger charge is -2.10. The van der Waals surface area contributed by atoms with Gasteiger partial charge < -0.3 is 14.0 Å².